The fourth-order valence-electron chi connectivity index (χ4n) is 2.82. The van der Waals surface area contributed by atoms with Crippen LogP contribution in [-0.2, 0) is 22.4 Å². The number of nitrogens with two attached hydrogens (primary N) is 1. The van der Waals surface area contributed by atoms with E-state index >= 15 is 0 Å². The molecule has 0 unspecified atom stereocenters. The van der Waals surface area contributed by atoms with Gasteiger partial charge in [-0.05, 0) is 37.3 Å². The van der Waals surface area contributed by atoms with E-state index in [4.69, 9.17) is 10.5 Å². The second-order valence-electron chi connectivity index (χ2n) is 5.80. The molecule has 9 nitrogen and oxygen atoms in total. The zero-order chi connectivity index (χ0) is 19.6. The number of ether oxygens (including phenoxy) is 1. The molecule has 0 aromatic carbocycles. The molecule has 11 heteroatoms. The fraction of sp³-hybridized carbons (Fsp3) is 0.312. The normalized spacial score (nSPS) is 12.9. The monoisotopic (exact) mass is 409 g/mol. The summed E-state index contributed by atoms with van der Waals surface area (Å²) in [6.07, 6.45) is 3.56. The Morgan fingerprint density at radius 1 is 1.22 bits per heavy atom. The van der Waals surface area contributed by atoms with Crippen LogP contribution in [0.1, 0.15) is 43.3 Å². The van der Waals surface area contributed by atoms with Crippen molar-refractivity contribution in [1.29, 1.82) is 0 Å². The highest BCUT2D eigenvalue weighted by molar-refractivity contribution is 7.17. The molecule has 0 aliphatic heterocycles. The van der Waals surface area contributed by atoms with Gasteiger partial charge in [-0.3, -0.25) is 19.7 Å². The Balaban J connectivity index is 1.64. The van der Waals surface area contributed by atoms with Crippen molar-refractivity contribution in [2.24, 2.45) is 5.73 Å². The number of fused-ring (bicyclic) bond motifs is 1. The van der Waals surface area contributed by atoms with Gasteiger partial charge >= 0.3 is 11.0 Å². The number of aryl methyl sites for hydroxylation is 1. The molecule has 1 aliphatic rings. The van der Waals surface area contributed by atoms with Gasteiger partial charge in [0.05, 0.1) is 10.5 Å². The molecule has 0 bridgehead atoms. The number of hydrogen-bond acceptors (Lipinski definition) is 8. The quantitative estimate of drug-likeness (QED) is 0.426. The van der Waals surface area contributed by atoms with Gasteiger partial charge in [-0.15, -0.1) is 11.3 Å². The highest BCUT2D eigenvalue weighted by atomic mass is 32.1. The standard InChI is InChI=1S/C16H15N3O6S2/c17-14(21)13-8-3-1-2-4-9(8)27-15(13)18-11(20)7-25-16(22)10-5-6-12(26-10)19(23)24/h5-6H,1-4,7H2,(H2,17,21)(H,18,20). The van der Waals surface area contributed by atoms with Crippen LogP contribution < -0.4 is 11.1 Å². The van der Waals surface area contributed by atoms with Crippen LogP contribution in [0, 0.1) is 10.1 Å². The lowest BCUT2D eigenvalue weighted by atomic mass is 9.95. The molecule has 142 valence electrons. The topological polar surface area (TPSA) is 142 Å². The molecule has 0 spiro atoms. The summed E-state index contributed by atoms with van der Waals surface area (Å²) < 4.78 is 4.88. The molecule has 0 fully saturated rings. The van der Waals surface area contributed by atoms with Crippen molar-refractivity contribution < 1.29 is 24.0 Å². The Morgan fingerprint density at radius 3 is 2.63 bits per heavy atom. The first-order chi connectivity index (χ1) is 12.9. The average Bonchev–Trinajstić information content (AvgIpc) is 3.24. The molecule has 27 heavy (non-hydrogen) atoms. The van der Waals surface area contributed by atoms with E-state index in [2.05, 4.69) is 5.32 Å². The Bertz CT molecular complexity index is 933. The molecule has 2 aromatic rings. The molecule has 0 radical (unpaired) electrons. The first-order valence-corrected chi connectivity index (χ1v) is 9.65. The van der Waals surface area contributed by atoms with Crippen molar-refractivity contribution in [2.45, 2.75) is 25.7 Å². The van der Waals surface area contributed by atoms with Crippen molar-refractivity contribution in [3.05, 3.63) is 43.1 Å². The van der Waals surface area contributed by atoms with Gasteiger partial charge in [0.25, 0.3) is 11.8 Å². The molecular weight excluding hydrogens is 394 g/mol. The van der Waals surface area contributed by atoms with Gasteiger partial charge in [0.1, 0.15) is 9.88 Å². The molecule has 1 aliphatic carbocycles. The van der Waals surface area contributed by atoms with Crippen molar-refractivity contribution in [3.8, 4) is 0 Å². The van der Waals surface area contributed by atoms with Gasteiger partial charge in [-0.1, -0.05) is 11.3 Å². The number of anilines is 1. The molecule has 2 aromatic heterocycles. The van der Waals surface area contributed by atoms with Gasteiger partial charge < -0.3 is 15.8 Å². The molecular formula is C16H15N3O6S2. The maximum absolute atomic E-state index is 12.1. The van der Waals surface area contributed by atoms with Gasteiger partial charge in [0.15, 0.2) is 6.61 Å². The smallest absolute Gasteiger partial charge is 0.349 e. The molecule has 2 heterocycles. The highest BCUT2D eigenvalue weighted by Gasteiger charge is 2.25. The lowest BCUT2D eigenvalue weighted by molar-refractivity contribution is -0.380. The number of carbonyl (C=O) groups is 3. The van der Waals surface area contributed by atoms with Gasteiger partial charge in [0.2, 0.25) is 0 Å². The number of thiophene rings is 2. The minimum atomic E-state index is -0.830. The molecule has 0 saturated carbocycles. The largest absolute Gasteiger partial charge is 0.451 e. The summed E-state index contributed by atoms with van der Waals surface area (Å²) in [5.74, 6) is -2.05. The molecule has 0 saturated heterocycles. The Hall–Kier alpha value is -2.79. The van der Waals surface area contributed by atoms with Crippen LogP contribution in [0.4, 0.5) is 10.0 Å². The number of rotatable bonds is 6. The average molecular weight is 409 g/mol. The Kier molecular flexibility index (Phi) is 5.51. The summed E-state index contributed by atoms with van der Waals surface area (Å²) in [7, 11) is 0. The highest BCUT2D eigenvalue weighted by Crippen LogP contribution is 2.37. The predicted octanol–water partition coefficient (Wildman–Crippen LogP) is 2.49. The zero-order valence-electron chi connectivity index (χ0n) is 14.0. The van der Waals surface area contributed by atoms with Crippen molar-refractivity contribution in [3.63, 3.8) is 0 Å². The zero-order valence-corrected chi connectivity index (χ0v) is 15.6. The molecule has 2 amide bonds. The third kappa shape index (κ3) is 4.14. The predicted molar refractivity (Wildman–Crippen MR) is 99.4 cm³/mol. The SMILES string of the molecule is NC(=O)c1c(NC(=O)COC(=O)c2ccc([N+](=O)[O-])s2)sc2c1CCCC2. The van der Waals surface area contributed by atoms with Gasteiger partial charge in [0, 0.05) is 10.9 Å². The van der Waals surface area contributed by atoms with E-state index in [0.29, 0.717) is 21.9 Å². The van der Waals surface area contributed by atoms with Crippen molar-refractivity contribution in [2.75, 3.05) is 11.9 Å². The van der Waals surface area contributed by atoms with Crippen molar-refractivity contribution >= 4 is 50.5 Å². The molecule has 3 rings (SSSR count). The van der Waals surface area contributed by atoms with E-state index < -0.39 is 29.3 Å². The van der Waals surface area contributed by atoms with Crippen molar-refractivity contribution in [1.82, 2.24) is 0 Å². The first kappa shape index (κ1) is 19.0. The number of primary amides is 1. The summed E-state index contributed by atoms with van der Waals surface area (Å²) in [5, 5.41) is 13.4. The third-order valence-electron chi connectivity index (χ3n) is 3.98. The molecule has 0 atom stereocenters. The van der Waals surface area contributed by atoms with E-state index in [1.54, 1.807) is 0 Å². The number of amides is 2. The lowest BCUT2D eigenvalue weighted by Gasteiger charge is -2.11. The van der Waals surface area contributed by atoms with Crippen LogP contribution in [0.25, 0.3) is 0 Å². The first-order valence-electron chi connectivity index (χ1n) is 8.02. The van der Waals surface area contributed by atoms with Crippen LogP contribution in [0.2, 0.25) is 0 Å². The number of hydrogen-bond donors (Lipinski definition) is 2. The maximum Gasteiger partial charge on any atom is 0.349 e. The Labute approximate surface area is 161 Å². The number of nitro groups is 1. The van der Waals surface area contributed by atoms with E-state index in [9.17, 15) is 24.5 Å². The maximum atomic E-state index is 12.1. The fourth-order valence-corrected chi connectivity index (χ4v) is 4.84. The number of esters is 1. The third-order valence-corrected chi connectivity index (χ3v) is 6.20. The minimum Gasteiger partial charge on any atom is -0.451 e. The van der Waals surface area contributed by atoms with Crippen LogP contribution in [0.3, 0.4) is 0 Å². The second-order valence-corrected chi connectivity index (χ2v) is 7.97. The second kappa shape index (κ2) is 7.84. The van der Waals surface area contributed by atoms with Gasteiger partial charge in [-0.25, -0.2) is 4.79 Å². The van der Waals surface area contributed by atoms with E-state index in [1.165, 1.54) is 23.5 Å². The van der Waals surface area contributed by atoms with Crippen LogP contribution in [0.5, 0.6) is 0 Å². The summed E-state index contributed by atoms with van der Waals surface area (Å²) in [4.78, 5) is 46.9. The minimum absolute atomic E-state index is 0.0268. The summed E-state index contributed by atoms with van der Waals surface area (Å²) in [5.41, 5.74) is 6.67. The van der Waals surface area contributed by atoms with E-state index in [-0.39, 0.29) is 9.88 Å². The Morgan fingerprint density at radius 2 is 1.96 bits per heavy atom. The number of nitrogens with zero attached hydrogens (tertiary/aromatic N) is 1. The lowest BCUT2D eigenvalue weighted by Crippen LogP contribution is -2.22. The number of carbonyl (C=O) groups excluding carboxylic acids is 3. The summed E-state index contributed by atoms with van der Waals surface area (Å²) in [6.45, 7) is -0.578. The van der Waals surface area contributed by atoms with Crippen LogP contribution in [0.15, 0.2) is 12.1 Å². The van der Waals surface area contributed by atoms with Gasteiger partial charge in [-0.2, -0.15) is 0 Å². The summed E-state index contributed by atoms with van der Waals surface area (Å²) in [6, 6.07) is 2.46. The summed E-state index contributed by atoms with van der Waals surface area (Å²) >= 11 is 1.97. The molecule has 3 N–H and O–H groups in total. The van der Waals surface area contributed by atoms with Crippen LogP contribution in [-0.4, -0.2) is 29.3 Å². The van der Waals surface area contributed by atoms with E-state index in [0.717, 1.165) is 36.1 Å². The number of nitrogens with one attached hydrogen (secondary N) is 1. The van der Waals surface area contributed by atoms with E-state index in [1.807, 2.05) is 0 Å². The van der Waals surface area contributed by atoms with Crippen LogP contribution >= 0.6 is 22.7 Å².